The first-order valence-electron chi connectivity index (χ1n) is 7.19. The van der Waals surface area contributed by atoms with Gasteiger partial charge in [0.25, 0.3) is 0 Å². The van der Waals surface area contributed by atoms with Gasteiger partial charge in [-0.15, -0.1) is 0 Å². The molecule has 1 aromatic carbocycles. The van der Waals surface area contributed by atoms with Crippen molar-refractivity contribution in [3.05, 3.63) is 45.8 Å². The van der Waals surface area contributed by atoms with E-state index in [4.69, 9.17) is 0 Å². The molecule has 1 N–H and O–H groups in total. The largest absolute Gasteiger partial charge is 0.369 e. The third kappa shape index (κ3) is 2.97. The van der Waals surface area contributed by atoms with Gasteiger partial charge in [0.05, 0.1) is 5.39 Å². The highest BCUT2D eigenvalue weighted by molar-refractivity contribution is 9.10. The molecule has 0 saturated heterocycles. The Balaban J connectivity index is 1.77. The van der Waals surface area contributed by atoms with Crippen LogP contribution in [0.4, 0.5) is 5.82 Å². The van der Waals surface area contributed by atoms with Gasteiger partial charge in [-0.3, -0.25) is 0 Å². The summed E-state index contributed by atoms with van der Waals surface area (Å²) in [6.45, 7) is 5.08. The minimum absolute atomic E-state index is 0.763. The lowest BCUT2D eigenvalue weighted by atomic mass is 10.1. The summed E-state index contributed by atoms with van der Waals surface area (Å²) in [7, 11) is 1.87. The van der Waals surface area contributed by atoms with Crippen LogP contribution in [0.15, 0.2) is 29.1 Å². The van der Waals surface area contributed by atoms with Gasteiger partial charge in [0, 0.05) is 13.6 Å². The van der Waals surface area contributed by atoms with Crippen LogP contribution in [0.5, 0.6) is 0 Å². The number of halogens is 1. The predicted molar refractivity (Wildman–Crippen MR) is 92.1 cm³/mol. The maximum atomic E-state index is 4.34. The summed E-state index contributed by atoms with van der Waals surface area (Å²) in [5.41, 5.74) is 4.75. The average molecular weight is 360 g/mol. The van der Waals surface area contributed by atoms with Crippen molar-refractivity contribution in [3.8, 4) is 0 Å². The van der Waals surface area contributed by atoms with Crippen LogP contribution < -0.4 is 5.32 Å². The van der Waals surface area contributed by atoms with Crippen molar-refractivity contribution in [1.82, 2.24) is 19.7 Å². The molecule has 0 amide bonds. The molecule has 2 heterocycles. The van der Waals surface area contributed by atoms with Crippen molar-refractivity contribution >= 4 is 32.8 Å². The first-order valence-corrected chi connectivity index (χ1v) is 7.98. The van der Waals surface area contributed by atoms with E-state index in [1.165, 1.54) is 16.7 Å². The van der Waals surface area contributed by atoms with Crippen molar-refractivity contribution in [2.45, 2.75) is 20.3 Å². The summed E-state index contributed by atoms with van der Waals surface area (Å²) in [6.07, 6.45) is 2.52. The Morgan fingerprint density at radius 1 is 1.14 bits per heavy atom. The summed E-state index contributed by atoms with van der Waals surface area (Å²) < 4.78 is 2.51. The minimum Gasteiger partial charge on any atom is -0.369 e. The van der Waals surface area contributed by atoms with Crippen LogP contribution in [-0.4, -0.2) is 26.3 Å². The van der Waals surface area contributed by atoms with Gasteiger partial charge in [-0.05, 0) is 41.8 Å². The third-order valence-corrected chi connectivity index (χ3v) is 4.12. The fraction of sp³-hybridized carbons (Fsp3) is 0.312. The molecule has 3 aromatic rings. The van der Waals surface area contributed by atoms with Crippen molar-refractivity contribution in [2.75, 3.05) is 11.9 Å². The zero-order valence-corrected chi connectivity index (χ0v) is 14.5. The van der Waals surface area contributed by atoms with Gasteiger partial charge in [0.1, 0.15) is 16.7 Å². The smallest absolute Gasteiger partial charge is 0.164 e. The van der Waals surface area contributed by atoms with E-state index >= 15 is 0 Å². The molecule has 3 rings (SSSR count). The average Bonchev–Trinajstić information content (AvgIpc) is 2.74. The molecule has 0 unspecified atom stereocenters. The number of aromatic nitrogens is 4. The zero-order valence-electron chi connectivity index (χ0n) is 12.9. The monoisotopic (exact) mass is 359 g/mol. The summed E-state index contributed by atoms with van der Waals surface area (Å²) in [5, 5.41) is 8.65. The SMILES string of the molecule is Cc1cc(C)cc(CCNc2ncnc3c2c(Br)nn3C)c1. The molecule has 6 heteroatoms. The third-order valence-electron chi connectivity index (χ3n) is 3.57. The maximum Gasteiger partial charge on any atom is 0.164 e. The molecular weight excluding hydrogens is 342 g/mol. The lowest BCUT2D eigenvalue weighted by Gasteiger charge is -2.08. The standard InChI is InChI=1S/C16H18BrN5/c1-10-6-11(2)8-12(7-10)4-5-18-15-13-14(17)21-22(3)16(13)20-9-19-15/h6-9H,4-5H2,1-3H3,(H,18,19,20). The number of aryl methyl sites for hydroxylation is 3. The lowest BCUT2D eigenvalue weighted by Crippen LogP contribution is -2.07. The van der Waals surface area contributed by atoms with Gasteiger partial charge < -0.3 is 5.32 Å². The number of fused-ring (bicyclic) bond motifs is 1. The van der Waals surface area contributed by atoms with E-state index in [-0.39, 0.29) is 0 Å². The fourth-order valence-corrected chi connectivity index (χ4v) is 3.32. The first kappa shape index (κ1) is 15.0. The lowest BCUT2D eigenvalue weighted by molar-refractivity contribution is 0.777. The molecule has 0 radical (unpaired) electrons. The summed E-state index contributed by atoms with van der Waals surface area (Å²) in [5.74, 6) is 0.814. The van der Waals surface area contributed by atoms with Crippen molar-refractivity contribution in [1.29, 1.82) is 0 Å². The van der Waals surface area contributed by atoms with Crippen molar-refractivity contribution in [2.24, 2.45) is 7.05 Å². The van der Waals surface area contributed by atoms with Gasteiger partial charge in [-0.1, -0.05) is 29.3 Å². The van der Waals surface area contributed by atoms with Crippen LogP contribution in [-0.2, 0) is 13.5 Å². The Morgan fingerprint density at radius 2 is 1.86 bits per heavy atom. The van der Waals surface area contributed by atoms with E-state index in [1.54, 1.807) is 11.0 Å². The molecule has 5 nitrogen and oxygen atoms in total. The van der Waals surface area contributed by atoms with Gasteiger partial charge in [0.2, 0.25) is 0 Å². The molecule has 0 spiro atoms. The maximum absolute atomic E-state index is 4.34. The zero-order chi connectivity index (χ0) is 15.7. The topological polar surface area (TPSA) is 55.6 Å². The molecule has 0 aliphatic heterocycles. The van der Waals surface area contributed by atoms with Crippen LogP contribution >= 0.6 is 15.9 Å². The number of nitrogens with zero attached hydrogens (tertiary/aromatic N) is 4. The highest BCUT2D eigenvalue weighted by atomic mass is 79.9. The molecular formula is C16H18BrN5. The first-order chi connectivity index (χ1) is 10.5. The van der Waals surface area contributed by atoms with Crippen molar-refractivity contribution < 1.29 is 0 Å². The second-order valence-corrected chi connectivity index (χ2v) is 6.26. The summed E-state index contributed by atoms with van der Waals surface area (Å²) in [4.78, 5) is 8.61. The number of hydrogen-bond acceptors (Lipinski definition) is 4. The normalized spacial score (nSPS) is 11.1. The highest BCUT2D eigenvalue weighted by Crippen LogP contribution is 2.26. The van der Waals surface area contributed by atoms with E-state index < -0.39 is 0 Å². The van der Waals surface area contributed by atoms with Gasteiger partial charge in [-0.2, -0.15) is 5.10 Å². The molecule has 2 aromatic heterocycles. The van der Waals surface area contributed by atoms with E-state index in [0.29, 0.717) is 0 Å². The van der Waals surface area contributed by atoms with E-state index in [0.717, 1.165) is 34.4 Å². The molecule has 0 atom stereocenters. The van der Waals surface area contributed by atoms with Crippen molar-refractivity contribution in [3.63, 3.8) is 0 Å². The van der Waals surface area contributed by atoms with Crippen LogP contribution in [0.25, 0.3) is 11.0 Å². The van der Waals surface area contributed by atoms with Crippen LogP contribution in [0, 0.1) is 13.8 Å². The number of nitrogens with one attached hydrogen (secondary N) is 1. The Labute approximate surface area is 137 Å². The molecule has 0 bridgehead atoms. The van der Waals surface area contributed by atoms with Gasteiger partial charge in [0.15, 0.2) is 5.65 Å². The Hall–Kier alpha value is -1.95. The van der Waals surface area contributed by atoms with E-state index in [2.05, 4.69) is 68.4 Å². The van der Waals surface area contributed by atoms with E-state index in [1.807, 2.05) is 7.05 Å². The molecule has 0 aliphatic rings. The molecule has 0 fully saturated rings. The second-order valence-electron chi connectivity index (χ2n) is 5.51. The Morgan fingerprint density at radius 3 is 2.59 bits per heavy atom. The van der Waals surface area contributed by atoms with Gasteiger partial charge >= 0.3 is 0 Å². The number of rotatable bonds is 4. The highest BCUT2D eigenvalue weighted by Gasteiger charge is 2.12. The summed E-state index contributed by atoms with van der Waals surface area (Å²) >= 11 is 3.47. The number of hydrogen-bond donors (Lipinski definition) is 1. The molecule has 22 heavy (non-hydrogen) atoms. The van der Waals surface area contributed by atoms with Gasteiger partial charge in [-0.25, -0.2) is 14.6 Å². The Kier molecular flexibility index (Phi) is 4.11. The van der Waals surface area contributed by atoms with E-state index in [9.17, 15) is 0 Å². The van der Waals surface area contributed by atoms with Crippen LogP contribution in [0.2, 0.25) is 0 Å². The molecule has 114 valence electrons. The predicted octanol–water partition coefficient (Wildman–Crippen LogP) is 3.40. The fourth-order valence-electron chi connectivity index (χ4n) is 2.71. The molecule has 0 aliphatic carbocycles. The molecule has 0 saturated carbocycles. The number of anilines is 1. The number of benzene rings is 1. The summed E-state index contributed by atoms with van der Waals surface area (Å²) in [6, 6.07) is 6.64. The quantitative estimate of drug-likeness (QED) is 0.775. The second kappa shape index (κ2) is 6.04. The van der Waals surface area contributed by atoms with Crippen LogP contribution in [0.3, 0.4) is 0 Å². The Bertz CT molecular complexity index is 805. The van der Waals surface area contributed by atoms with Crippen LogP contribution in [0.1, 0.15) is 16.7 Å². The minimum atomic E-state index is 0.763.